The van der Waals surface area contributed by atoms with Crippen LogP contribution < -0.4 is 0 Å². The van der Waals surface area contributed by atoms with E-state index in [-0.39, 0.29) is 0 Å². The summed E-state index contributed by atoms with van der Waals surface area (Å²) in [6, 6.07) is 10.4. The standard InChI is InChI=1S/C18H24N2O/c1-15-14-17(15)18(21)20-12-10-19(11-13-20)9-5-8-16-6-3-2-4-7-16/h2-8,15,17H,9-14H2,1H3/b8-5+. The van der Waals surface area contributed by atoms with Gasteiger partial charge in [0.2, 0.25) is 5.91 Å². The van der Waals surface area contributed by atoms with E-state index in [0.29, 0.717) is 17.7 Å². The van der Waals surface area contributed by atoms with Crippen LogP contribution in [0, 0.1) is 11.8 Å². The molecule has 21 heavy (non-hydrogen) atoms. The van der Waals surface area contributed by atoms with Crippen LogP contribution in [-0.4, -0.2) is 48.4 Å². The van der Waals surface area contributed by atoms with Crippen LogP contribution in [0.5, 0.6) is 0 Å². The van der Waals surface area contributed by atoms with E-state index < -0.39 is 0 Å². The number of benzene rings is 1. The Morgan fingerprint density at radius 2 is 1.86 bits per heavy atom. The highest BCUT2D eigenvalue weighted by atomic mass is 16.2. The lowest BCUT2D eigenvalue weighted by molar-refractivity contribution is -0.134. The molecular formula is C18H24N2O. The second kappa shape index (κ2) is 6.44. The van der Waals surface area contributed by atoms with E-state index >= 15 is 0 Å². The van der Waals surface area contributed by atoms with Crippen LogP contribution in [0.4, 0.5) is 0 Å². The summed E-state index contributed by atoms with van der Waals surface area (Å²) in [7, 11) is 0. The highest BCUT2D eigenvalue weighted by molar-refractivity contribution is 5.81. The number of piperazine rings is 1. The number of hydrogen-bond donors (Lipinski definition) is 0. The number of hydrogen-bond acceptors (Lipinski definition) is 2. The van der Waals surface area contributed by atoms with Crippen molar-refractivity contribution in [2.24, 2.45) is 11.8 Å². The first-order valence-electron chi connectivity index (χ1n) is 7.97. The lowest BCUT2D eigenvalue weighted by Crippen LogP contribution is -2.49. The summed E-state index contributed by atoms with van der Waals surface area (Å²) < 4.78 is 0. The van der Waals surface area contributed by atoms with Gasteiger partial charge in [0, 0.05) is 38.6 Å². The van der Waals surface area contributed by atoms with Gasteiger partial charge in [-0.15, -0.1) is 0 Å². The normalized spacial score (nSPS) is 26.2. The summed E-state index contributed by atoms with van der Waals surface area (Å²) in [5.74, 6) is 1.33. The molecule has 2 unspecified atom stereocenters. The molecule has 0 spiro atoms. The van der Waals surface area contributed by atoms with E-state index in [2.05, 4.69) is 53.1 Å². The molecule has 3 heteroatoms. The largest absolute Gasteiger partial charge is 0.340 e. The summed E-state index contributed by atoms with van der Waals surface area (Å²) >= 11 is 0. The van der Waals surface area contributed by atoms with Gasteiger partial charge in [-0.1, -0.05) is 49.4 Å². The molecule has 1 saturated carbocycles. The maximum atomic E-state index is 12.2. The summed E-state index contributed by atoms with van der Waals surface area (Å²) in [5, 5.41) is 0. The summed E-state index contributed by atoms with van der Waals surface area (Å²) in [6.45, 7) is 6.91. The fraction of sp³-hybridized carbons (Fsp3) is 0.500. The van der Waals surface area contributed by atoms with Gasteiger partial charge in [0.1, 0.15) is 0 Å². The molecule has 0 N–H and O–H groups in total. The Bertz CT molecular complexity index is 503. The van der Waals surface area contributed by atoms with Crippen molar-refractivity contribution in [3.63, 3.8) is 0 Å². The van der Waals surface area contributed by atoms with Gasteiger partial charge in [-0.25, -0.2) is 0 Å². The highest BCUT2D eigenvalue weighted by Gasteiger charge is 2.41. The first kappa shape index (κ1) is 14.3. The topological polar surface area (TPSA) is 23.6 Å². The minimum Gasteiger partial charge on any atom is -0.340 e. The van der Waals surface area contributed by atoms with E-state index in [1.807, 2.05) is 6.07 Å². The predicted octanol–water partition coefficient (Wildman–Crippen LogP) is 2.50. The molecule has 0 radical (unpaired) electrons. The van der Waals surface area contributed by atoms with Crippen molar-refractivity contribution in [3.05, 3.63) is 42.0 Å². The van der Waals surface area contributed by atoms with E-state index in [1.165, 1.54) is 5.56 Å². The average molecular weight is 284 g/mol. The van der Waals surface area contributed by atoms with Crippen LogP contribution in [0.2, 0.25) is 0 Å². The van der Waals surface area contributed by atoms with Crippen molar-refractivity contribution in [2.75, 3.05) is 32.7 Å². The Balaban J connectivity index is 1.42. The number of amides is 1. The van der Waals surface area contributed by atoms with Gasteiger partial charge >= 0.3 is 0 Å². The van der Waals surface area contributed by atoms with Crippen LogP contribution >= 0.6 is 0 Å². The minimum absolute atomic E-state index is 0.328. The van der Waals surface area contributed by atoms with E-state index in [0.717, 1.165) is 39.1 Å². The zero-order valence-electron chi connectivity index (χ0n) is 12.7. The summed E-state index contributed by atoms with van der Waals surface area (Å²) in [4.78, 5) is 16.6. The van der Waals surface area contributed by atoms with Crippen molar-refractivity contribution in [1.82, 2.24) is 9.80 Å². The Morgan fingerprint density at radius 3 is 2.48 bits per heavy atom. The van der Waals surface area contributed by atoms with E-state index in [9.17, 15) is 4.79 Å². The van der Waals surface area contributed by atoms with Gasteiger partial charge in [0.25, 0.3) is 0 Å². The lowest BCUT2D eigenvalue weighted by atomic mass is 10.2. The third-order valence-corrected chi connectivity index (χ3v) is 4.58. The summed E-state index contributed by atoms with van der Waals surface area (Å²) in [5.41, 5.74) is 1.24. The molecule has 1 saturated heterocycles. The smallest absolute Gasteiger partial charge is 0.226 e. The fourth-order valence-electron chi connectivity index (χ4n) is 2.95. The van der Waals surface area contributed by atoms with Gasteiger partial charge in [0.15, 0.2) is 0 Å². The molecule has 2 aliphatic rings. The number of nitrogens with zero attached hydrogens (tertiary/aromatic N) is 2. The second-order valence-electron chi connectivity index (χ2n) is 6.26. The van der Waals surface area contributed by atoms with Gasteiger partial charge in [0.05, 0.1) is 0 Å². The first-order valence-corrected chi connectivity index (χ1v) is 7.97. The van der Waals surface area contributed by atoms with Crippen molar-refractivity contribution in [2.45, 2.75) is 13.3 Å². The molecule has 0 aromatic heterocycles. The molecule has 1 amide bonds. The molecule has 2 fully saturated rings. The fourth-order valence-corrected chi connectivity index (χ4v) is 2.95. The number of carbonyl (C=O) groups excluding carboxylic acids is 1. The van der Waals surface area contributed by atoms with Crippen molar-refractivity contribution >= 4 is 12.0 Å². The third-order valence-electron chi connectivity index (χ3n) is 4.58. The second-order valence-corrected chi connectivity index (χ2v) is 6.26. The monoisotopic (exact) mass is 284 g/mol. The van der Waals surface area contributed by atoms with Crippen LogP contribution in [0.25, 0.3) is 6.08 Å². The molecular weight excluding hydrogens is 260 g/mol. The highest BCUT2D eigenvalue weighted by Crippen LogP contribution is 2.39. The first-order chi connectivity index (χ1) is 10.2. The maximum Gasteiger partial charge on any atom is 0.226 e. The molecule has 1 aromatic carbocycles. The Hall–Kier alpha value is -1.61. The van der Waals surface area contributed by atoms with Crippen LogP contribution in [0.15, 0.2) is 36.4 Å². The molecule has 1 aliphatic carbocycles. The number of carbonyl (C=O) groups is 1. The lowest BCUT2D eigenvalue weighted by Gasteiger charge is -2.34. The minimum atomic E-state index is 0.328. The van der Waals surface area contributed by atoms with Gasteiger partial charge in [-0.3, -0.25) is 9.69 Å². The third kappa shape index (κ3) is 3.73. The zero-order chi connectivity index (χ0) is 14.7. The van der Waals surface area contributed by atoms with E-state index in [4.69, 9.17) is 0 Å². The quantitative estimate of drug-likeness (QED) is 0.848. The van der Waals surface area contributed by atoms with Crippen LogP contribution in [0.1, 0.15) is 18.9 Å². The molecule has 0 bridgehead atoms. The van der Waals surface area contributed by atoms with Gasteiger partial charge < -0.3 is 4.90 Å². The Labute approximate surface area is 127 Å². The van der Waals surface area contributed by atoms with Crippen molar-refractivity contribution in [1.29, 1.82) is 0 Å². The Kier molecular flexibility index (Phi) is 4.39. The molecule has 1 heterocycles. The van der Waals surface area contributed by atoms with Crippen molar-refractivity contribution in [3.8, 4) is 0 Å². The maximum absolute atomic E-state index is 12.2. The van der Waals surface area contributed by atoms with Crippen LogP contribution in [0.3, 0.4) is 0 Å². The molecule has 112 valence electrons. The zero-order valence-corrected chi connectivity index (χ0v) is 12.7. The molecule has 3 rings (SSSR count). The number of rotatable bonds is 4. The molecule has 3 nitrogen and oxygen atoms in total. The van der Waals surface area contributed by atoms with Crippen LogP contribution in [-0.2, 0) is 4.79 Å². The predicted molar refractivity (Wildman–Crippen MR) is 85.8 cm³/mol. The van der Waals surface area contributed by atoms with Crippen molar-refractivity contribution < 1.29 is 4.79 Å². The average Bonchev–Trinajstić information content (AvgIpc) is 3.25. The molecule has 1 aromatic rings. The van der Waals surface area contributed by atoms with Gasteiger partial charge in [-0.2, -0.15) is 0 Å². The molecule has 2 atom stereocenters. The molecule has 1 aliphatic heterocycles. The Morgan fingerprint density at radius 1 is 1.19 bits per heavy atom. The van der Waals surface area contributed by atoms with Gasteiger partial charge in [-0.05, 0) is 17.9 Å². The SMILES string of the molecule is CC1CC1C(=O)N1CCN(C/C=C/c2ccccc2)CC1. The summed E-state index contributed by atoms with van der Waals surface area (Å²) in [6.07, 6.45) is 5.48. The van der Waals surface area contributed by atoms with E-state index in [1.54, 1.807) is 0 Å².